The molecule has 0 aliphatic heterocycles. The van der Waals surface area contributed by atoms with E-state index in [1.807, 2.05) is 30.3 Å². The van der Waals surface area contributed by atoms with E-state index >= 15 is 0 Å². The zero-order valence-corrected chi connectivity index (χ0v) is 16.1. The van der Waals surface area contributed by atoms with Gasteiger partial charge in [0.1, 0.15) is 0 Å². The van der Waals surface area contributed by atoms with Crippen molar-refractivity contribution in [3.05, 3.63) is 53.6 Å². The van der Waals surface area contributed by atoms with Crippen molar-refractivity contribution in [3.63, 3.8) is 0 Å². The van der Waals surface area contributed by atoms with Crippen molar-refractivity contribution in [1.29, 1.82) is 0 Å². The largest absolute Gasteiger partial charge is 0.493 e. The molecule has 0 aliphatic carbocycles. The molecule has 1 amide bonds. The Kier molecular flexibility index (Phi) is 7.11. The van der Waals surface area contributed by atoms with Crippen LogP contribution in [0.15, 0.2) is 42.5 Å². The highest BCUT2D eigenvalue weighted by Gasteiger charge is 2.11. The molecule has 27 heavy (non-hydrogen) atoms. The van der Waals surface area contributed by atoms with Crippen molar-refractivity contribution in [2.24, 2.45) is 5.73 Å². The van der Waals surface area contributed by atoms with E-state index < -0.39 is 5.91 Å². The third kappa shape index (κ3) is 5.17. The van der Waals surface area contributed by atoms with Gasteiger partial charge in [-0.15, -0.1) is 0 Å². The van der Waals surface area contributed by atoms with Crippen LogP contribution in [0.1, 0.15) is 17.5 Å². The first kappa shape index (κ1) is 20.2. The van der Waals surface area contributed by atoms with Crippen molar-refractivity contribution in [1.82, 2.24) is 0 Å². The van der Waals surface area contributed by atoms with Crippen LogP contribution < -0.4 is 24.7 Å². The van der Waals surface area contributed by atoms with Gasteiger partial charge in [0.05, 0.1) is 28.4 Å². The predicted molar refractivity (Wildman–Crippen MR) is 105 cm³/mol. The molecule has 0 radical (unpaired) electrons. The molecule has 0 unspecified atom stereocenters. The van der Waals surface area contributed by atoms with Gasteiger partial charge in [-0.1, -0.05) is 12.1 Å². The van der Waals surface area contributed by atoms with Gasteiger partial charge in [-0.25, -0.2) is 0 Å². The first-order valence-electron chi connectivity index (χ1n) is 8.45. The molecule has 0 fully saturated rings. The van der Waals surface area contributed by atoms with Crippen LogP contribution in [0.4, 0.5) is 0 Å². The summed E-state index contributed by atoms with van der Waals surface area (Å²) >= 11 is 0. The lowest BCUT2D eigenvalue weighted by atomic mass is 9.97. The number of allylic oxidation sites excluding steroid dienone is 1. The Morgan fingerprint density at radius 2 is 1.41 bits per heavy atom. The van der Waals surface area contributed by atoms with E-state index in [-0.39, 0.29) is 0 Å². The number of rotatable bonds is 9. The third-order valence-electron chi connectivity index (χ3n) is 4.20. The second-order valence-electron chi connectivity index (χ2n) is 5.83. The topological polar surface area (TPSA) is 80.0 Å². The van der Waals surface area contributed by atoms with E-state index in [1.54, 1.807) is 34.5 Å². The maximum absolute atomic E-state index is 11.5. The summed E-state index contributed by atoms with van der Waals surface area (Å²) in [6.07, 6.45) is 2.77. The molecule has 0 saturated carbocycles. The van der Waals surface area contributed by atoms with Crippen LogP contribution in [-0.4, -0.2) is 34.3 Å². The van der Waals surface area contributed by atoms with Gasteiger partial charge < -0.3 is 24.7 Å². The second kappa shape index (κ2) is 9.52. The van der Waals surface area contributed by atoms with Crippen LogP contribution in [0.25, 0.3) is 5.57 Å². The van der Waals surface area contributed by atoms with Gasteiger partial charge in [-0.3, -0.25) is 4.79 Å². The molecule has 0 aliphatic rings. The summed E-state index contributed by atoms with van der Waals surface area (Å²) in [5.41, 5.74) is 8.13. The zero-order chi connectivity index (χ0) is 19.8. The van der Waals surface area contributed by atoms with Crippen LogP contribution in [0.3, 0.4) is 0 Å². The molecule has 2 aromatic rings. The molecule has 2 rings (SSSR count). The standard InChI is InChI=1S/C21H25NO5/c1-24-17-9-6-14(11-19(17)26-3)5-7-16(13-21(22)23)15-8-10-18(25-2)20(12-15)27-4/h6,8-13H,5,7H2,1-4H3,(H2,22,23)/b16-13+. The fraction of sp³-hybridized carbons (Fsp3) is 0.286. The number of methoxy groups -OCH3 is 4. The fourth-order valence-corrected chi connectivity index (χ4v) is 2.82. The number of benzene rings is 2. The lowest BCUT2D eigenvalue weighted by Gasteiger charge is -2.13. The summed E-state index contributed by atoms with van der Waals surface area (Å²) in [5.74, 6) is 2.07. The number of hydrogen-bond donors (Lipinski definition) is 1. The summed E-state index contributed by atoms with van der Waals surface area (Å²) in [5, 5.41) is 0. The van der Waals surface area contributed by atoms with Gasteiger partial charge in [0.2, 0.25) is 5.91 Å². The molecule has 2 N–H and O–H groups in total. The summed E-state index contributed by atoms with van der Waals surface area (Å²) in [4.78, 5) is 11.5. The molecule has 0 saturated heterocycles. The Bertz CT molecular complexity index is 829. The molecule has 6 nitrogen and oxygen atoms in total. The first-order valence-corrected chi connectivity index (χ1v) is 8.45. The Balaban J connectivity index is 2.27. The van der Waals surface area contributed by atoms with Gasteiger partial charge in [-0.2, -0.15) is 0 Å². The minimum Gasteiger partial charge on any atom is -0.493 e. The van der Waals surface area contributed by atoms with E-state index in [2.05, 4.69) is 0 Å². The number of nitrogens with two attached hydrogens (primary N) is 1. The van der Waals surface area contributed by atoms with E-state index in [4.69, 9.17) is 24.7 Å². The second-order valence-corrected chi connectivity index (χ2v) is 5.83. The maximum Gasteiger partial charge on any atom is 0.241 e. The molecule has 2 aromatic carbocycles. The minimum absolute atomic E-state index is 0.493. The van der Waals surface area contributed by atoms with Crippen LogP contribution in [0, 0.1) is 0 Å². The van der Waals surface area contributed by atoms with Crippen LogP contribution in [-0.2, 0) is 11.2 Å². The zero-order valence-electron chi connectivity index (χ0n) is 16.1. The summed E-state index contributed by atoms with van der Waals surface area (Å²) in [6.45, 7) is 0. The summed E-state index contributed by atoms with van der Waals surface area (Å²) < 4.78 is 21.2. The molecule has 144 valence electrons. The third-order valence-corrected chi connectivity index (χ3v) is 4.20. The van der Waals surface area contributed by atoms with Crippen molar-refractivity contribution >= 4 is 11.5 Å². The molecular weight excluding hydrogens is 346 g/mol. The number of amides is 1. The van der Waals surface area contributed by atoms with Gasteiger partial charge >= 0.3 is 0 Å². The monoisotopic (exact) mass is 371 g/mol. The van der Waals surface area contributed by atoms with Crippen molar-refractivity contribution in [3.8, 4) is 23.0 Å². The summed E-state index contributed by atoms with van der Waals surface area (Å²) in [6, 6.07) is 11.3. The quantitative estimate of drug-likeness (QED) is 0.685. The number of hydrogen-bond acceptors (Lipinski definition) is 5. The average Bonchev–Trinajstić information content (AvgIpc) is 2.69. The SMILES string of the molecule is COc1ccc(CC/C(=C\C(N)=O)c2ccc(OC)c(OC)c2)cc1OC. The van der Waals surface area contributed by atoms with Crippen molar-refractivity contribution < 1.29 is 23.7 Å². The van der Waals surface area contributed by atoms with Crippen molar-refractivity contribution in [2.45, 2.75) is 12.8 Å². The lowest BCUT2D eigenvalue weighted by Crippen LogP contribution is -2.07. The predicted octanol–water partition coefficient (Wildman–Crippen LogP) is 3.22. The molecule has 0 aromatic heterocycles. The van der Waals surface area contributed by atoms with E-state index in [0.717, 1.165) is 16.7 Å². The molecular formula is C21H25NO5. The normalized spacial score (nSPS) is 11.0. The number of ether oxygens (including phenoxy) is 4. The van der Waals surface area contributed by atoms with E-state index in [9.17, 15) is 4.79 Å². The molecule has 0 atom stereocenters. The lowest BCUT2D eigenvalue weighted by molar-refractivity contribution is -0.113. The highest BCUT2D eigenvalue weighted by Crippen LogP contribution is 2.33. The molecule has 0 spiro atoms. The highest BCUT2D eigenvalue weighted by atomic mass is 16.5. The highest BCUT2D eigenvalue weighted by molar-refractivity contribution is 5.94. The average molecular weight is 371 g/mol. The van der Waals surface area contributed by atoms with E-state index in [1.165, 1.54) is 6.08 Å². The first-order chi connectivity index (χ1) is 13.0. The van der Waals surface area contributed by atoms with Crippen LogP contribution >= 0.6 is 0 Å². The smallest absolute Gasteiger partial charge is 0.241 e. The van der Waals surface area contributed by atoms with Gasteiger partial charge in [0, 0.05) is 6.08 Å². The Hall–Kier alpha value is -3.15. The Labute approximate surface area is 159 Å². The van der Waals surface area contributed by atoms with Gasteiger partial charge in [0.15, 0.2) is 23.0 Å². The van der Waals surface area contributed by atoms with Crippen molar-refractivity contribution in [2.75, 3.05) is 28.4 Å². The minimum atomic E-state index is -0.493. The number of carbonyl (C=O) groups excluding carboxylic acids is 1. The number of primary amides is 1. The Morgan fingerprint density at radius 1 is 0.852 bits per heavy atom. The number of carbonyl (C=O) groups is 1. The number of aryl methyl sites for hydroxylation is 1. The van der Waals surface area contributed by atoms with Crippen LogP contribution in [0.5, 0.6) is 23.0 Å². The Morgan fingerprint density at radius 3 is 1.96 bits per heavy atom. The maximum atomic E-state index is 11.5. The van der Waals surface area contributed by atoms with Crippen LogP contribution in [0.2, 0.25) is 0 Å². The van der Waals surface area contributed by atoms with Gasteiger partial charge in [-0.05, 0) is 53.8 Å². The molecule has 6 heteroatoms. The van der Waals surface area contributed by atoms with Gasteiger partial charge in [0.25, 0.3) is 0 Å². The molecule has 0 heterocycles. The fourth-order valence-electron chi connectivity index (χ4n) is 2.82. The summed E-state index contributed by atoms with van der Waals surface area (Å²) in [7, 11) is 6.35. The van der Waals surface area contributed by atoms with E-state index in [0.29, 0.717) is 35.8 Å². The molecule has 0 bridgehead atoms.